The standard InChI is InChI=1S/C12H12BrF2NO/c13-7-4-5-8(14)10(11(7)15)12(17)6-2-1-3-9(6)16/h4-6,9H,1-3,16H2. The summed E-state index contributed by atoms with van der Waals surface area (Å²) in [5, 5.41) is 0. The molecule has 0 aliphatic heterocycles. The van der Waals surface area contributed by atoms with E-state index >= 15 is 0 Å². The van der Waals surface area contributed by atoms with Gasteiger partial charge in [0.2, 0.25) is 0 Å². The summed E-state index contributed by atoms with van der Waals surface area (Å²) in [5.74, 6) is -2.65. The molecular weight excluding hydrogens is 292 g/mol. The summed E-state index contributed by atoms with van der Waals surface area (Å²) in [6.07, 6.45) is 2.16. The number of rotatable bonds is 2. The van der Waals surface area contributed by atoms with Crippen LogP contribution in [0.25, 0.3) is 0 Å². The van der Waals surface area contributed by atoms with E-state index in [1.165, 1.54) is 6.07 Å². The molecule has 1 aromatic rings. The van der Waals surface area contributed by atoms with Gasteiger partial charge in [-0.3, -0.25) is 4.79 Å². The van der Waals surface area contributed by atoms with Crippen molar-refractivity contribution in [2.75, 3.05) is 0 Å². The zero-order valence-corrected chi connectivity index (χ0v) is 10.6. The Kier molecular flexibility index (Phi) is 3.58. The van der Waals surface area contributed by atoms with Crippen molar-refractivity contribution >= 4 is 21.7 Å². The molecule has 0 spiro atoms. The maximum Gasteiger partial charge on any atom is 0.173 e. The predicted molar refractivity (Wildman–Crippen MR) is 63.7 cm³/mol. The number of nitrogens with two attached hydrogens (primary N) is 1. The van der Waals surface area contributed by atoms with Gasteiger partial charge in [0.25, 0.3) is 0 Å². The second-order valence-corrected chi connectivity index (χ2v) is 5.14. The molecule has 2 nitrogen and oxygen atoms in total. The first-order valence-corrected chi connectivity index (χ1v) is 6.25. The minimum atomic E-state index is -0.839. The van der Waals surface area contributed by atoms with Crippen molar-refractivity contribution in [1.29, 1.82) is 0 Å². The van der Waals surface area contributed by atoms with Gasteiger partial charge in [-0.1, -0.05) is 6.42 Å². The van der Waals surface area contributed by atoms with Crippen LogP contribution < -0.4 is 5.73 Å². The molecule has 0 saturated heterocycles. The van der Waals surface area contributed by atoms with Crippen molar-refractivity contribution < 1.29 is 13.6 Å². The quantitative estimate of drug-likeness (QED) is 0.674. The average molecular weight is 304 g/mol. The van der Waals surface area contributed by atoms with Crippen LogP contribution in [0.5, 0.6) is 0 Å². The Morgan fingerprint density at radius 1 is 1.35 bits per heavy atom. The third-order valence-corrected chi connectivity index (χ3v) is 3.81. The van der Waals surface area contributed by atoms with Crippen molar-refractivity contribution in [2.45, 2.75) is 25.3 Å². The van der Waals surface area contributed by atoms with Crippen LogP contribution in [0, 0.1) is 17.6 Å². The molecule has 2 unspecified atom stereocenters. The Balaban J connectivity index is 2.40. The van der Waals surface area contributed by atoms with Gasteiger partial charge in [-0.25, -0.2) is 8.78 Å². The Bertz CT molecular complexity index is 464. The highest BCUT2D eigenvalue weighted by atomic mass is 79.9. The number of halogens is 3. The van der Waals surface area contributed by atoms with Crippen molar-refractivity contribution in [3.8, 4) is 0 Å². The highest BCUT2D eigenvalue weighted by molar-refractivity contribution is 9.10. The van der Waals surface area contributed by atoms with Crippen LogP contribution in [0.15, 0.2) is 16.6 Å². The first-order chi connectivity index (χ1) is 8.02. The fourth-order valence-corrected chi connectivity index (χ4v) is 2.58. The van der Waals surface area contributed by atoms with Gasteiger partial charge in [0, 0.05) is 12.0 Å². The molecule has 1 aliphatic carbocycles. The van der Waals surface area contributed by atoms with E-state index in [-0.39, 0.29) is 10.5 Å². The number of Topliss-reactive ketones (excluding diaryl/α,β-unsaturated/α-hetero) is 1. The fraction of sp³-hybridized carbons (Fsp3) is 0.417. The average Bonchev–Trinajstić information content (AvgIpc) is 2.70. The molecule has 1 fully saturated rings. The van der Waals surface area contributed by atoms with Crippen molar-refractivity contribution in [2.24, 2.45) is 11.7 Å². The lowest BCUT2D eigenvalue weighted by atomic mass is 9.93. The third kappa shape index (κ3) is 2.26. The number of carbonyl (C=O) groups excluding carboxylic acids is 1. The molecule has 5 heteroatoms. The van der Waals surface area contributed by atoms with Gasteiger partial charge in [-0.15, -0.1) is 0 Å². The monoisotopic (exact) mass is 303 g/mol. The van der Waals surface area contributed by atoms with Crippen LogP contribution in [-0.2, 0) is 0 Å². The van der Waals surface area contributed by atoms with Crippen LogP contribution in [0.2, 0.25) is 0 Å². The van der Waals surface area contributed by atoms with E-state index in [1.54, 1.807) is 0 Å². The van der Waals surface area contributed by atoms with Gasteiger partial charge >= 0.3 is 0 Å². The molecule has 0 aromatic heterocycles. The summed E-state index contributed by atoms with van der Waals surface area (Å²) in [5.41, 5.74) is 5.31. The number of hydrogen-bond acceptors (Lipinski definition) is 2. The smallest absolute Gasteiger partial charge is 0.173 e. The maximum absolute atomic E-state index is 13.7. The first-order valence-electron chi connectivity index (χ1n) is 5.45. The van der Waals surface area contributed by atoms with E-state index in [2.05, 4.69) is 15.9 Å². The number of ketones is 1. The van der Waals surface area contributed by atoms with E-state index in [1.807, 2.05) is 0 Å². The van der Waals surface area contributed by atoms with Crippen LogP contribution >= 0.6 is 15.9 Å². The maximum atomic E-state index is 13.7. The Hall–Kier alpha value is -0.810. The van der Waals surface area contributed by atoms with Gasteiger partial charge < -0.3 is 5.73 Å². The van der Waals surface area contributed by atoms with Crippen LogP contribution in [0.3, 0.4) is 0 Å². The lowest BCUT2D eigenvalue weighted by Gasteiger charge is -2.15. The molecule has 0 radical (unpaired) electrons. The summed E-state index contributed by atoms with van der Waals surface area (Å²) in [7, 11) is 0. The third-order valence-electron chi connectivity index (χ3n) is 3.20. The Morgan fingerprint density at radius 3 is 2.65 bits per heavy atom. The predicted octanol–water partition coefficient (Wildman–Crippen LogP) is 3.04. The van der Waals surface area contributed by atoms with Gasteiger partial charge in [-0.2, -0.15) is 0 Å². The lowest BCUT2D eigenvalue weighted by Crippen LogP contribution is -2.31. The molecule has 2 atom stereocenters. The van der Waals surface area contributed by atoms with E-state index in [0.717, 1.165) is 18.9 Å². The second-order valence-electron chi connectivity index (χ2n) is 4.28. The molecule has 2 rings (SSSR count). The van der Waals surface area contributed by atoms with E-state index < -0.39 is 28.9 Å². The van der Waals surface area contributed by atoms with Crippen LogP contribution in [0.1, 0.15) is 29.6 Å². The summed E-state index contributed by atoms with van der Waals surface area (Å²) in [6, 6.07) is 2.04. The SMILES string of the molecule is NC1CCCC1C(=O)c1c(F)ccc(Br)c1F. The lowest BCUT2D eigenvalue weighted by molar-refractivity contribution is 0.0904. The molecule has 1 saturated carbocycles. The summed E-state index contributed by atoms with van der Waals surface area (Å²) in [4.78, 5) is 12.1. The van der Waals surface area contributed by atoms with Crippen molar-refractivity contribution in [3.63, 3.8) is 0 Å². The minimum Gasteiger partial charge on any atom is -0.327 e. The number of benzene rings is 1. The number of hydrogen-bond donors (Lipinski definition) is 1. The highest BCUT2D eigenvalue weighted by Gasteiger charge is 2.34. The van der Waals surface area contributed by atoms with Gasteiger partial charge in [0.05, 0.1) is 10.0 Å². The molecule has 17 heavy (non-hydrogen) atoms. The minimum absolute atomic E-state index is 0.0915. The summed E-state index contributed by atoms with van der Waals surface area (Å²) in [6.45, 7) is 0. The fourth-order valence-electron chi connectivity index (χ4n) is 2.25. The van der Waals surface area contributed by atoms with E-state index in [9.17, 15) is 13.6 Å². The van der Waals surface area contributed by atoms with Gasteiger partial charge in [-0.05, 0) is 40.9 Å². The van der Waals surface area contributed by atoms with Crippen molar-refractivity contribution in [1.82, 2.24) is 0 Å². The normalized spacial score (nSPS) is 24.0. The van der Waals surface area contributed by atoms with Crippen LogP contribution in [0.4, 0.5) is 8.78 Å². The molecule has 92 valence electrons. The molecule has 2 N–H and O–H groups in total. The van der Waals surface area contributed by atoms with E-state index in [4.69, 9.17) is 5.73 Å². The molecule has 1 aliphatic rings. The topological polar surface area (TPSA) is 43.1 Å². The van der Waals surface area contributed by atoms with Crippen molar-refractivity contribution in [3.05, 3.63) is 33.8 Å². The Labute approximate surface area is 106 Å². The van der Waals surface area contributed by atoms with Crippen LogP contribution in [-0.4, -0.2) is 11.8 Å². The Morgan fingerprint density at radius 2 is 2.06 bits per heavy atom. The summed E-state index contributed by atoms with van der Waals surface area (Å²) < 4.78 is 27.4. The second kappa shape index (κ2) is 4.82. The molecule has 0 bridgehead atoms. The zero-order valence-electron chi connectivity index (χ0n) is 9.05. The highest BCUT2D eigenvalue weighted by Crippen LogP contribution is 2.31. The molecule has 1 aromatic carbocycles. The molecular formula is C12H12BrF2NO. The van der Waals surface area contributed by atoms with Gasteiger partial charge in [0.15, 0.2) is 11.6 Å². The molecule has 0 heterocycles. The number of carbonyl (C=O) groups is 1. The largest absolute Gasteiger partial charge is 0.327 e. The summed E-state index contributed by atoms with van der Waals surface area (Å²) >= 11 is 2.95. The van der Waals surface area contributed by atoms with Gasteiger partial charge in [0.1, 0.15) is 5.82 Å². The van der Waals surface area contributed by atoms with E-state index in [0.29, 0.717) is 6.42 Å². The molecule has 0 amide bonds. The first kappa shape index (κ1) is 12.6. The zero-order chi connectivity index (χ0) is 12.6.